The lowest BCUT2D eigenvalue weighted by atomic mass is 10.0. The molecule has 0 radical (unpaired) electrons. The Bertz CT molecular complexity index is 294. The Hall–Kier alpha value is -0.430. The van der Waals surface area contributed by atoms with Gasteiger partial charge in [0, 0.05) is 5.25 Å². The second-order valence-electron chi connectivity index (χ2n) is 5.59. The topological polar surface area (TPSA) is 0 Å². The molecule has 0 bridgehead atoms. The van der Waals surface area contributed by atoms with Gasteiger partial charge in [-0.05, 0) is 31.2 Å². The average molecular weight is 279 g/mol. The van der Waals surface area contributed by atoms with E-state index in [2.05, 4.69) is 37.3 Å². The maximum absolute atomic E-state index is 4.72. The fraction of sp³-hybridized carbons (Fsp3) is 0.667. The Balaban J connectivity index is 1.94. The zero-order valence-corrected chi connectivity index (χ0v) is 13.4. The minimum absolute atomic E-state index is 0.606. The third-order valence-corrected chi connectivity index (χ3v) is 4.25. The second-order valence-corrected chi connectivity index (χ2v) is 6.32. The Labute approximate surface area is 125 Å². The van der Waals surface area contributed by atoms with Crippen LogP contribution < -0.4 is 0 Å². The fourth-order valence-electron chi connectivity index (χ4n) is 2.49. The lowest BCUT2D eigenvalue weighted by Gasteiger charge is -2.10. The summed E-state index contributed by atoms with van der Waals surface area (Å²) < 4.78 is 0. The predicted octanol–water partition coefficient (Wildman–Crippen LogP) is 6.06. The summed E-state index contributed by atoms with van der Waals surface area (Å²) in [6.07, 6.45) is 13.4. The van der Waals surface area contributed by atoms with Crippen molar-refractivity contribution in [1.29, 1.82) is 0 Å². The molecule has 0 aliphatic rings. The molecule has 1 heteroatoms. The molecule has 0 N–H and O–H groups in total. The number of hydrogen-bond donors (Lipinski definition) is 1. The highest BCUT2D eigenvalue weighted by Gasteiger charge is 2.03. The number of benzene rings is 1. The van der Waals surface area contributed by atoms with Crippen molar-refractivity contribution in [2.45, 2.75) is 76.4 Å². The Kier molecular flexibility index (Phi) is 9.98. The first-order valence-electron chi connectivity index (χ1n) is 8.05. The predicted molar refractivity (Wildman–Crippen MR) is 90.1 cm³/mol. The molecule has 0 spiro atoms. The van der Waals surface area contributed by atoms with Crippen molar-refractivity contribution in [3.8, 4) is 0 Å². The number of thiol groups is 1. The van der Waals surface area contributed by atoms with Crippen LogP contribution in [0.4, 0.5) is 0 Å². The molecule has 0 nitrogen and oxygen atoms in total. The van der Waals surface area contributed by atoms with Crippen molar-refractivity contribution in [3.63, 3.8) is 0 Å². The van der Waals surface area contributed by atoms with Crippen molar-refractivity contribution in [2.75, 3.05) is 0 Å². The molecular weight excluding hydrogens is 248 g/mol. The Morgan fingerprint density at radius 1 is 0.842 bits per heavy atom. The zero-order valence-electron chi connectivity index (χ0n) is 12.5. The number of aryl methyl sites for hydroxylation is 1. The highest BCUT2D eigenvalue weighted by Crippen LogP contribution is 2.16. The minimum atomic E-state index is 0.606. The summed E-state index contributed by atoms with van der Waals surface area (Å²) in [6, 6.07) is 10.8. The van der Waals surface area contributed by atoms with Gasteiger partial charge < -0.3 is 0 Å². The number of hydrogen-bond acceptors (Lipinski definition) is 1. The standard InChI is InChI=1S/C18H30S/c1-2-3-4-5-6-10-15-18(19)16-11-14-17-12-8-7-9-13-17/h7-9,12-13,18-19H,2-6,10-11,14-16H2,1H3. The van der Waals surface area contributed by atoms with Crippen LogP contribution in [0.25, 0.3) is 0 Å². The van der Waals surface area contributed by atoms with Crippen LogP contribution in [0.1, 0.15) is 70.3 Å². The van der Waals surface area contributed by atoms with Crippen molar-refractivity contribution in [1.82, 2.24) is 0 Å². The quantitative estimate of drug-likeness (QED) is 0.369. The van der Waals surface area contributed by atoms with E-state index < -0.39 is 0 Å². The van der Waals surface area contributed by atoms with E-state index in [1.165, 1.54) is 69.8 Å². The van der Waals surface area contributed by atoms with Crippen LogP contribution in [-0.2, 0) is 6.42 Å². The summed E-state index contributed by atoms with van der Waals surface area (Å²) in [5, 5.41) is 0.606. The van der Waals surface area contributed by atoms with Crippen LogP contribution in [0.5, 0.6) is 0 Å². The number of rotatable bonds is 11. The van der Waals surface area contributed by atoms with Crippen LogP contribution in [-0.4, -0.2) is 5.25 Å². The first-order chi connectivity index (χ1) is 9.33. The third kappa shape index (κ3) is 9.15. The second kappa shape index (κ2) is 11.4. The van der Waals surface area contributed by atoms with Gasteiger partial charge in [-0.15, -0.1) is 0 Å². The Morgan fingerprint density at radius 3 is 2.21 bits per heavy atom. The summed E-state index contributed by atoms with van der Waals surface area (Å²) >= 11 is 4.72. The van der Waals surface area contributed by atoms with E-state index in [4.69, 9.17) is 12.6 Å². The van der Waals surface area contributed by atoms with E-state index in [0.29, 0.717) is 5.25 Å². The maximum Gasteiger partial charge on any atom is 0.00169 e. The molecule has 0 fully saturated rings. The highest BCUT2D eigenvalue weighted by atomic mass is 32.1. The van der Waals surface area contributed by atoms with E-state index in [9.17, 15) is 0 Å². The lowest BCUT2D eigenvalue weighted by Crippen LogP contribution is -2.00. The van der Waals surface area contributed by atoms with Gasteiger partial charge >= 0.3 is 0 Å². The molecule has 0 heterocycles. The minimum Gasteiger partial charge on any atom is -0.176 e. The van der Waals surface area contributed by atoms with Crippen molar-refractivity contribution in [3.05, 3.63) is 35.9 Å². The average Bonchev–Trinajstić information content (AvgIpc) is 2.44. The zero-order chi connectivity index (χ0) is 13.8. The van der Waals surface area contributed by atoms with E-state index in [-0.39, 0.29) is 0 Å². The molecule has 1 atom stereocenters. The van der Waals surface area contributed by atoms with Crippen molar-refractivity contribution in [2.24, 2.45) is 0 Å². The van der Waals surface area contributed by atoms with Gasteiger partial charge in [0.15, 0.2) is 0 Å². The molecule has 0 aliphatic carbocycles. The molecule has 0 aliphatic heterocycles. The van der Waals surface area contributed by atoms with E-state index in [1.54, 1.807) is 0 Å². The molecule has 0 amide bonds. The molecule has 1 unspecified atom stereocenters. The normalized spacial score (nSPS) is 12.5. The van der Waals surface area contributed by atoms with Gasteiger partial charge in [-0.1, -0.05) is 75.8 Å². The first kappa shape index (κ1) is 16.6. The fourth-order valence-corrected chi connectivity index (χ4v) is 2.86. The maximum atomic E-state index is 4.72. The van der Waals surface area contributed by atoms with Crippen LogP contribution in [0.2, 0.25) is 0 Å². The van der Waals surface area contributed by atoms with Gasteiger partial charge in [0.05, 0.1) is 0 Å². The molecule has 0 aromatic heterocycles. The van der Waals surface area contributed by atoms with Gasteiger partial charge in [-0.3, -0.25) is 0 Å². The molecule has 108 valence electrons. The first-order valence-corrected chi connectivity index (χ1v) is 8.56. The summed E-state index contributed by atoms with van der Waals surface area (Å²) in [5.41, 5.74) is 1.46. The van der Waals surface area contributed by atoms with Gasteiger partial charge in [-0.2, -0.15) is 12.6 Å². The monoisotopic (exact) mass is 278 g/mol. The molecule has 1 aromatic carbocycles. The van der Waals surface area contributed by atoms with Crippen LogP contribution in [0.3, 0.4) is 0 Å². The van der Waals surface area contributed by atoms with Crippen molar-refractivity contribution >= 4 is 12.6 Å². The molecule has 19 heavy (non-hydrogen) atoms. The summed E-state index contributed by atoms with van der Waals surface area (Å²) in [5.74, 6) is 0. The largest absolute Gasteiger partial charge is 0.176 e. The SMILES string of the molecule is CCCCCCCCC(S)CCCc1ccccc1. The molecule has 1 aromatic rings. The van der Waals surface area contributed by atoms with Gasteiger partial charge in [0.1, 0.15) is 0 Å². The third-order valence-electron chi connectivity index (χ3n) is 3.74. The molecule has 1 rings (SSSR count). The summed E-state index contributed by atoms with van der Waals surface area (Å²) in [7, 11) is 0. The van der Waals surface area contributed by atoms with Crippen LogP contribution in [0, 0.1) is 0 Å². The smallest absolute Gasteiger partial charge is 0.00169 e. The summed E-state index contributed by atoms with van der Waals surface area (Å²) in [6.45, 7) is 2.27. The molecule has 0 saturated carbocycles. The van der Waals surface area contributed by atoms with Gasteiger partial charge in [-0.25, -0.2) is 0 Å². The van der Waals surface area contributed by atoms with Gasteiger partial charge in [0.2, 0.25) is 0 Å². The lowest BCUT2D eigenvalue weighted by molar-refractivity contribution is 0.565. The van der Waals surface area contributed by atoms with Crippen molar-refractivity contribution < 1.29 is 0 Å². The molecular formula is C18H30S. The highest BCUT2D eigenvalue weighted by molar-refractivity contribution is 7.80. The molecule has 0 saturated heterocycles. The number of unbranched alkanes of at least 4 members (excludes halogenated alkanes) is 5. The van der Waals surface area contributed by atoms with Crippen LogP contribution >= 0.6 is 12.6 Å². The Morgan fingerprint density at radius 2 is 1.47 bits per heavy atom. The van der Waals surface area contributed by atoms with Gasteiger partial charge in [0.25, 0.3) is 0 Å². The van der Waals surface area contributed by atoms with Crippen LogP contribution in [0.15, 0.2) is 30.3 Å². The summed E-state index contributed by atoms with van der Waals surface area (Å²) in [4.78, 5) is 0. The van der Waals surface area contributed by atoms with E-state index in [0.717, 1.165) is 0 Å². The van der Waals surface area contributed by atoms with E-state index in [1.807, 2.05) is 0 Å². The van der Waals surface area contributed by atoms with E-state index >= 15 is 0 Å².